The van der Waals surface area contributed by atoms with Crippen LogP contribution in [-0.4, -0.2) is 40.5 Å². The summed E-state index contributed by atoms with van der Waals surface area (Å²) in [5.74, 6) is 0.646. The molecule has 2 saturated heterocycles. The Morgan fingerprint density at radius 1 is 1.29 bits per heavy atom. The van der Waals surface area contributed by atoms with E-state index in [0.717, 1.165) is 45.1 Å². The van der Waals surface area contributed by atoms with Gasteiger partial charge in [0.15, 0.2) is 0 Å². The van der Waals surface area contributed by atoms with E-state index in [-0.39, 0.29) is 11.9 Å². The Labute approximate surface area is 147 Å². The fraction of sp³-hybridized carbons (Fsp3) is 0.667. The first-order valence-corrected chi connectivity index (χ1v) is 9.89. The molecule has 1 N–H and O–H groups in total. The average molecular weight is 347 g/mol. The largest absolute Gasteiger partial charge is 0.326 e. The van der Waals surface area contributed by atoms with Crippen molar-refractivity contribution >= 4 is 23.3 Å². The van der Waals surface area contributed by atoms with Crippen LogP contribution in [0.4, 0.5) is 4.79 Å². The Morgan fingerprint density at radius 3 is 2.79 bits per heavy atom. The molecule has 1 spiro atoms. The topological polar surface area (TPSA) is 52.7 Å². The van der Waals surface area contributed by atoms with Gasteiger partial charge >= 0.3 is 6.03 Å². The molecule has 3 heterocycles. The lowest BCUT2D eigenvalue weighted by Gasteiger charge is -2.34. The number of amides is 3. The minimum Gasteiger partial charge on any atom is -0.323 e. The number of nitrogens with zero attached hydrogens (tertiary/aromatic N) is 2. The van der Waals surface area contributed by atoms with Crippen LogP contribution in [0.1, 0.15) is 56.4 Å². The van der Waals surface area contributed by atoms with Crippen molar-refractivity contribution in [3.05, 3.63) is 22.4 Å². The Kier molecular flexibility index (Phi) is 4.12. The lowest BCUT2D eigenvalue weighted by Crippen LogP contribution is -2.50. The molecular formula is C18H25N3O2S. The first-order valence-electron chi connectivity index (χ1n) is 9.01. The second-order valence-corrected chi connectivity index (χ2v) is 8.53. The molecular weight excluding hydrogens is 322 g/mol. The molecule has 5 nitrogen and oxygen atoms in total. The maximum Gasteiger partial charge on any atom is 0.326 e. The predicted octanol–water partition coefficient (Wildman–Crippen LogP) is 3.34. The summed E-state index contributed by atoms with van der Waals surface area (Å²) in [5, 5.41) is 5.12. The highest BCUT2D eigenvalue weighted by Crippen LogP contribution is 2.38. The third-order valence-corrected chi connectivity index (χ3v) is 6.91. The first-order chi connectivity index (χ1) is 11.6. The number of urea groups is 1. The molecule has 0 radical (unpaired) electrons. The van der Waals surface area contributed by atoms with E-state index in [1.807, 2.05) is 0 Å². The van der Waals surface area contributed by atoms with Crippen LogP contribution in [0.2, 0.25) is 0 Å². The lowest BCUT2D eigenvalue weighted by atomic mass is 9.77. The van der Waals surface area contributed by atoms with Gasteiger partial charge in [0.05, 0.1) is 6.67 Å². The molecule has 6 heteroatoms. The van der Waals surface area contributed by atoms with Gasteiger partial charge in [0.25, 0.3) is 5.91 Å². The normalized spacial score (nSPS) is 34.3. The smallest absolute Gasteiger partial charge is 0.323 e. The second kappa shape index (κ2) is 6.15. The van der Waals surface area contributed by atoms with E-state index < -0.39 is 5.54 Å². The lowest BCUT2D eigenvalue weighted by molar-refractivity contribution is -0.134. The molecule has 1 unspecified atom stereocenters. The minimum absolute atomic E-state index is 0.00349. The number of carbonyl (C=O) groups excluding carboxylic acids is 2. The predicted molar refractivity (Wildman–Crippen MR) is 93.6 cm³/mol. The van der Waals surface area contributed by atoms with E-state index in [0.29, 0.717) is 18.6 Å². The van der Waals surface area contributed by atoms with Crippen LogP contribution < -0.4 is 5.32 Å². The molecule has 3 amide bonds. The van der Waals surface area contributed by atoms with E-state index in [1.165, 1.54) is 9.78 Å². The summed E-state index contributed by atoms with van der Waals surface area (Å²) in [6.07, 6.45) is 5.82. The van der Waals surface area contributed by atoms with Crippen LogP contribution >= 0.6 is 11.3 Å². The Bertz CT molecular complexity index is 622. The quantitative estimate of drug-likeness (QED) is 0.853. The third-order valence-electron chi connectivity index (χ3n) is 5.93. The van der Waals surface area contributed by atoms with Gasteiger partial charge in [0.1, 0.15) is 5.54 Å². The van der Waals surface area contributed by atoms with Crippen LogP contribution in [0, 0.1) is 5.92 Å². The molecule has 2 aliphatic heterocycles. The molecule has 0 bridgehead atoms. The molecule has 1 aromatic rings. The first kappa shape index (κ1) is 16.1. The van der Waals surface area contributed by atoms with Gasteiger partial charge in [-0.15, -0.1) is 11.3 Å². The highest BCUT2D eigenvalue weighted by atomic mass is 32.1. The van der Waals surface area contributed by atoms with Crippen LogP contribution in [0.3, 0.4) is 0 Å². The Hall–Kier alpha value is -1.40. The summed E-state index contributed by atoms with van der Waals surface area (Å²) in [4.78, 5) is 30.6. The maximum absolute atomic E-state index is 13.0. The number of nitrogens with one attached hydrogen (secondary N) is 1. The summed E-state index contributed by atoms with van der Waals surface area (Å²) in [5.41, 5.74) is -0.623. The van der Waals surface area contributed by atoms with Crippen molar-refractivity contribution in [1.29, 1.82) is 0 Å². The van der Waals surface area contributed by atoms with Gasteiger partial charge in [-0.1, -0.05) is 13.0 Å². The molecule has 1 saturated carbocycles. The highest BCUT2D eigenvalue weighted by Gasteiger charge is 2.52. The molecule has 3 aliphatic rings. The summed E-state index contributed by atoms with van der Waals surface area (Å²) in [6.45, 7) is 3.59. The van der Waals surface area contributed by atoms with Crippen molar-refractivity contribution in [3.63, 3.8) is 0 Å². The van der Waals surface area contributed by atoms with E-state index >= 15 is 0 Å². The van der Waals surface area contributed by atoms with Crippen molar-refractivity contribution in [3.8, 4) is 0 Å². The monoisotopic (exact) mass is 347 g/mol. The fourth-order valence-corrected chi connectivity index (χ4v) is 5.27. The Balaban J connectivity index is 1.48. The van der Waals surface area contributed by atoms with Crippen molar-refractivity contribution < 1.29 is 9.59 Å². The molecule has 1 atom stereocenters. The second-order valence-electron chi connectivity index (χ2n) is 7.56. The van der Waals surface area contributed by atoms with E-state index in [1.54, 1.807) is 11.3 Å². The summed E-state index contributed by atoms with van der Waals surface area (Å²) < 4.78 is 0. The number of hydrogen-bond acceptors (Lipinski definition) is 4. The SMILES string of the molecule is CC1CCC2(CC1)NC(=O)N(CN1CCCC1c1cccs1)C2=O. The number of carbonyl (C=O) groups is 2. The maximum atomic E-state index is 13.0. The van der Waals surface area contributed by atoms with Gasteiger partial charge in [-0.2, -0.15) is 0 Å². The van der Waals surface area contributed by atoms with E-state index in [2.05, 4.69) is 34.7 Å². The summed E-state index contributed by atoms with van der Waals surface area (Å²) in [6, 6.07) is 4.37. The van der Waals surface area contributed by atoms with Gasteiger partial charge < -0.3 is 5.32 Å². The minimum atomic E-state index is -0.623. The van der Waals surface area contributed by atoms with Crippen LogP contribution in [0.25, 0.3) is 0 Å². The number of thiophene rings is 1. The van der Waals surface area contributed by atoms with Crippen molar-refractivity contribution in [2.75, 3.05) is 13.2 Å². The third kappa shape index (κ3) is 2.65. The van der Waals surface area contributed by atoms with Crippen LogP contribution in [0.15, 0.2) is 17.5 Å². The molecule has 4 rings (SSSR count). The molecule has 1 aromatic heterocycles. The van der Waals surface area contributed by atoms with Gasteiger partial charge in [0.2, 0.25) is 0 Å². The summed E-state index contributed by atoms with van der Waals surface area (Å²) >= 11 is 1.76. The number of imide groups is 1. The summed E-state index contributed by atoms with van der Waals surface area (Å²) in [7, 11) is 0. The fourth-order valence-electron chi connectivity index (χ4n) is 4.38. The van der Waals surface area contributed by atoms with Crippen LogP contribution in [-0.2, 0) is 4.79 Å². The van der Waals surface area contributed by atoms with E-state index in [9.17, 15) is 9.59 Å². The zero-order chi connectivity index (χ0) is 16.7. The average Bonchev–Trinajstić information content (AvgIpc) is 3.28. The highest BCUT2D eigenvalue weighted by molar-refractivity contribution is 7.10. The van der Waals surface area contributed by atoms with Gasteiger partial charge in [-0.3, -0.25) is 9.69 Å². The van der Waals surface area contributed by atoms with Gasteiger partial charge in [0, 0.05) is 17.5 Å². The van der Waals surface area contributed by atoms with Gasteiger partial charge in [-0.05, 0) is 55.9 Å². The van der Waals surface area contributed by atoms with Crippen molar-refractivity contribution in [2.24, 2.45) is 5.92 Å². The molecule has 0 aromatic carbocycles. The van der Waals surface area contributed by atoms with Crippen LogP contribution in [0.5, 0.6) is 0 Å². The van der Waals surface area contributed by atoms with E-state index in [4.69, 9.17) is 0 Å². The standard InChI is InChI=1S/C18H25N3O2S/c1-13-6-8-18(9-7-13)16(22)21(17(23)19-18)12-20-10-2-4-14(20)15-5-3-11-24-15/h3,5,11,13-14H,2,4,6-10,12H2,1H3,(H,19,23). The number of hydrogen-bond donors (Lipinski definition) is 1. The zero-order valence-electron chi connectivity index (χ0n) is 14.2. The van der Waals surface area contributed by atoms with Gasteiger partial charge in [-0.25, -0.2) is 9.69 Å². The molecule has 1 aliphatic carbocycles. The zero-order valence-corrected chi connectivity index (χ0v) is 15.0. The molecule has 130 valence electrons. The molecule has 24 heavy (non-hydrogen) atoms. The number of likely N-dealkylation sites (tertiary alicyclic amines) is 1. The Morgan fingerprint density at radius 2 is 2.08 bits per heavy atom. The van der Waals surface area contributed by atoms with Crippen molar-refractivity contribution in [1.82, 2.24) is 15.1 Å². The number of rotatable bonds is 3. The molecule has 3 fully saturated rings. The van der Waals surface area contributed by atoms with Crippen molar-refractivity contribution in [2.45, 2.75) is 57.0 Å².